The first kappa shape index (κ1) is 47.8. The normalized spacial score (nSPS) is 21.0. The second kappa shape index (κ2) is 20.7. The minimum absolute atomic E-state index is 0.000912. The number of carbonyl (C=O) groups excluding carboxylic acids is 5. The lowest BCUT2D eigenvalue weighted by Crippen LogP contribution is -2.56. The summed E-state index contributed by atoms with van der Waals surface area (Å²) in [4.78, 5) is 71.0. The van der Waals surface area contributed by atoms with Crippen molar-refractivity contribution in [3.05, 3.63) is 114 Å². The number of nitrogens with one attached hydrogen (secondary N) is 4. The van der Waals surface area contributed by atoms with Crippen LogP contribution in [-0.2, 0) is 30.4 Å². The number of benzene rings is 4. The van der Waals surface area contributed by atoms with Gasteiger partial charge in [0.2, 0.25) is 17.7 Å². The zero-order chi connectivity index (χ0) is 48.2. The zero-order valence-electron chi connectivity index (χ0n) is 39.7. The van der Waals surface area contributed by atoms with E-state index < -0.39 is 30.3 Å². The number of carbonyl (C=O) groups is 5. The Bertz CT molecular complexity index is 2470. The number of ether oxygens (including phenoxy) is 2. The van der Waals surface area contributed by atoms with Crippen LogP contribution in [-0.4, -0.2) is 96.3 Å². The summed E-state index contributed by atoms with van der Waals surface area (Å²) >= 11 is 0. The Morgan fingerprint density at radius 2 is 1.24 bits per heavy atom. The number of nitrogens with zero attached hydrogens (tertiary/aromatic N) is 4. The summed E-state index contributed by atoms with van der Waals surface area (Å²) in [6.07, 6.45) is 3.03. The molecular weight excluding hydrogens is 868 g/mol. The molecule has 0 aliphatic carbocycles. The van der Waals surface area contributed by atoms with Gasteiger partial charge < -0.3 is 45.5 Å². The minimum Gasteiger partial charge on any atom is -0.453 e. The molecule has 0 radical (unpaired) electrons. The molecule has 0 spiro atoms. The Hall–Kier alpha value is -6.68. The summed E-state index contributed by atoms with van der Waals surface area (Å²) in [5.74, 6) is -1.35. The van der Waals surface area contributed by atoms with E-state index in [1.54, 1.807) is 4.90 Å². The highest BCUT2D eigenvalue weighted by Crippen LogP contribution is 2.48. The van der Waals surface area contributed by atoms with Crippen molar-refractivity contribution < 1.29 is 37.8 Å². The molecule has 3 fully saturated rings. The molecule has 4 aromatic rings. The van der Waals surface area contributed by atoms with E-state index in [-0.39, 0.29) is 53.6 Å². The molecule has 4 N–H and O–H groups in total. The van der Waals surface area contributed by atoms with Crippen LogP contribution in [0.2, 0.25) is 0 Å². The maximum absolute atomic E-state index is 14.3. The summed E-state index contributed by atoms with van der Waals surface area (Å²) in [6.45, 7) is 9.11. The van der Waals surface area contributed by atoms with Gasteiger partial charge in [0.1, 0.15) is 30.1 Å². The Kier molecular flexibility index (Phi) is 14.5. The van der Waals surface area contributed by atoms with Crippen molar-refractivity contribution in [2.75, 3.05) is 43.0 Å². The van der Waals surface area contributed by atoms with Crippen LogP contribution in [0.3, 0.4) is 0 Å². The van der Waals surface area contributed by atoms with Crippen LogP contribution in [0.15, 0.2) is 91.0 Å². The monoisotopic (exact) mass is 930 g/mol. The molecule has 0 unspecified atom stereocenters. The van der Waals surface area contributed by atoms with Crippen LogP contribution >= 0.6 is 0 Å². The average Bonchev–Trinajstić information content (AvgIpc) is 4.19. The first-order valence-corrected chi connectivity index (χ1v) is 23.8. The van der Waals surface area contributed by atoms with Crippen LogP contribution in [0.25, 0.3) is 11.1 Å². The van der Waals surface area contributed by atoms with E-state index in [1.807, 2.05) is 75.1 Å². The van der Waals surface area contributed by atoms with Crippen LogP contribution in [0.5, 0.6) is 0 Å². The Morgan fingerprint density at radius 1 is 0.676 bits per heavy atom. The minimum atomic E-state index is -0.820. The van der Waals surface area contributed by atoms with E-state index in [4.69, 9.17) is 9.47 Å². The second-order valence-electron chi connectivity index (χ2n) is 18.9. The molecule has 5 amide bonds. The molecule has 15 nitrogen and oxygen atoms in total. The Morgan fingerprint density at radius 3 is 1.82 bits per heavy atom. The molecule has 0 aromatic heterocycles. The van der Waals surface area contributed by atoms with Crippen molar-refractivity contribution in [3.8, 4) is 11.1 Å². The van der Waals surface area contributed by atoms with E-state index in [0.29, 0.717) is 38.2 Å². The van der Waals surface area contributed by atoms with Crippen molar-refractivity contribution in [1.82, 2.24) is 25.4 Å². The number of hydrogen-bond donors (Lipinski definition) is 4. The van der Waals surface area contributed by atoms with Gasteiger partial charge in [-0.25, -0.2) is 14.0 Å². The van der Waals surface area contributed by atoms with Crippen molar-refractivity contribution in [1.29, 1.82) is 0 Å². The highest BCUT2D eigenvalue weighted by molar-refractivity contribution is 5.98. The number of alkyl carbamates (subject to hydrolysis) is 2. The molecule has 16 heteroatoms. The molecule has 4 aliphatic heterocycles. The first-order chi connectivity index (χ1) is 32.8. The van der Waals surface area contributed by atoms with Crippen molar-refractivity contribution in [2.24, 2.45) is 11.8 Å². The van der Waals surface area contributed by atoms with E-state index in [2.05, 4.69) is 67.7 Å². The van der Waals surface area contributed by atoms with Crippen molar-refractivity contribution in [3.63, 3.8) is 0 Å². The highest BCUT2D eigenvalue weighted by Gasteiger charge is 2.42. The molecule has 0 saturated carbocycles. The topological polar surface area (TPSA) is 165 Å². The number of amides is 5. The van der Waals surface area contributed by atoms with E-state index in [0.717, 1.165) is 64.9 Å². The molecule has 360 valence electrons. The molecule has 3 saturated heterocycles. The van der Waals surface area contributed by atoms with Gasteiger partial charge in [-0.15, -0.1) is 0 Å². The third-order valence-corrected chi connectivity index (χ3v) is 13.9. The van der Waals surface area contributed by atoms with E-state index in [9.17, 15) is 28.4 Å². The molecule has 6 atom stereocenters. The summed E-state index contributed by atoms with van der Waals surface area (Å²) in [7, 11) is 2.54. The lowest BCUT2D eigenvalue weighted by Gasteiger charge is -2.35. The van der Waals surface area contributed by atoms with Gasteiger partial charge in [0.25, 0.3) is 0 Å². The Labute approximate surface area is 397 Å². The van der Waals surface area contributed by atoms with Crippen molar-refractivity contribution >= 4 is 47.0 Å². The third kappa shape index (κ3) is 9.96. The predicted octanol–water partition coefficient (Wildman–Crippen LogP) is 8.36. The van der Waals surface area contributed by atoms with Gasteiger partial charge in [-0.05, 0) is 115 Å². The van der Waals surface area contributed by atoms with Gasteiger partial charge in [-0.2, -0.15) is 5.01 Å². The van der Waals surface area contributed by atoms with Crippen LogP contribution in [0, 0.1) is 17.7 Å². The number of methoxy groups -OCH3 is 2. The quantitative estimate of drug-likeness (QED) is 0.102. The second-order valence-corrected chi connectivity index (χ2v) is 18.9. The third-order valence-electron chi connectivity index (χ3n) is 13.9. The van der Waals surface area contributed by atoms with Crippen LogP contribution in [0.1, 0.15) is 95.0 Å². The molecule has 4 aliphatic rings. The first-order valence-electron chi connectivity index (χ1n) is 23.8. The zero-order valence-corrected chi connectivity index (χ0v) is 39.7. The summed E-state index contributed by atoms with van der Waals surface area (Å²) in [5.41, 5.74) is 11.6. The molecule has 4 aromatic carbocycles. The lowest BCUT2D eigenvalue weighted by molar-refractivity contribution is -0.139. The van der Waals surface area contributed by atoms with Crippen molar-refractivity contribution in [2.45, 2.75) is 109 Å². The number of halogens is 1. The highest BCUT2D eigenvalue weighted by atomic mass is 19.1. The number of anilines is 3. The van der Waals surface area contributed by atoms with Gasteiger partial charge in [-0.1, -0.05) is 76.2 Å². The van der Waals surface area contributed by atoms with Gasteiger partial charge >= 0.3 is 12.2 Å². The summed E-state index contributed by atoms with van der Waals surface area (Å²) in [6, 6.07) is 27.1. The molecular formula is C52H63FN8O7. The fourth-order valence-electron chi connectivity index (χ4n) is 10.4. The predicted molar refractivity (Wildman–Crippen MR) is 258 cm³/mol. The standard InChI is InChI=1S/C52H63FN8O7/c1-31(2)46(55-51(65)67-5)49(63)58-28-8-12-44(58)48(62)54-37-22-18-35(19-23-37)43-27-26-42(61(43)38-24-20-36(53)21-25-38)34-16-14-33(15-17-34)39-10-7-11-41-40(39)30-60(57-41)45-13-9-29-59(45)50(64)47(32(3)4)56-52(66)68-6/h7,10-11,14-25,31-32,42-47,57H,8-9,12-13,26-30H2,1-6H3,(H,54,62)(H,55,65)(H,56,66)/t42-,43-,44-,45-,46-,47-/m0/s1. The average molecular weight is 931 g/mol. The fourth-order valence-corrected chi connectivity index (χ4v) is 10.4. The van der Waals surface area contributed by atoms with Crippen LogP contribution in [0.4, 0.5) is 31.0 Å². The molecule has 68 heavy (non-hydrogen) atoms. The lowest BCUT2D eigenvalue weighted by atomic mass is 9.95. The van der Waals surface area contributed by atoms with E-state index >= 15 is 0 Å². The Balaban J connectivity index is 0.965. The maximum Gasteiger partial charge on any atom is 0.407 e. The smallest absolute Gasteiger partial charge is 0.407 e. The largest absolute Gasteiger partial charge is 0.453 e. The molecule has 8 rings (SSSR count). The number of hydrazine groups is 1. The van der Waals surface area contributed by atoms with E-state index in [1.165, 1.54) is 26.4 Å². The maximum atomic E-state index is 14.3. The number of rotatable bonds is 13. The summed E-state index contributed by atoms with van der Waals surface area (Å²) < 4.78 is 23.9. The number of fused-ring (bicyclic) bond motifs is 1. The number of hydrogen-bond acceptors (Lipinski definition) is 10. The SMILES string of the molecule is COC(=O)N[C@H](C(=O)N1CCC[C@@H]1N1Cc2c(cccc2-c2ccc([C@@H]3CC[C@@H](c4ccc(NC(=O)[C@@H]5CCCN5C(=O)[C@@H](NC(=O)OC)C(C)C)cc4)N3c3ccc(F)cc3)cc2)N1)C(C)C. The fraction of sp³-hybridized carbons (Fsp3) is 0.442. The summed E-state index contributed by atoms with van der Waals surface area (Å²) in [5, 5.41) is 10.5. The van der Waals surface area contributed by atoms with Crippen LogP contribution < -0.4 is 26.3 Å². The number of likely N-dealkylation sites (tertiary alicyclic amines) is 2. The molecule has 0 bridgehead atoms. The van der Waals surface area contributed by atoms with Gasteiger partial charge in [0.05, 0.1) is 32.0 Å². The molecule has 4 heterocycles. The van der Waals surface area contributed by atoms with Gasteiger partial charge in [0.15, 0.2) is 0 Å². The van der Waals surface area contributed by atoms with Gasteiger partial charge in [-0.3, -0.25) is 14.4 Å². The van der Waals surface area contributed by atoms with Gasteiger partial charge in [0, 0.05) is 36.6 Å².